The molecule has 2 aromatic rings. The number of halogens is 4. The average molecular weight is 416 g/mol. The van der Waals surface area contributed by atoms with Gasteiger partial charge in [-0.2, -0.15) is 0 Å². The molecule has 6 heteroatoms. The molecule has 2 nitrogen and oxygen atoms in total. The van der Waals surface area contributed by atoms with E-state index in [0.29, 0.717) is 20.1 Å². The lowest BCUT2D eigenvalue weighted by atomic mass is 9.99. The normalized spacial score (nSPS) is 18.1. The minimum Gasteiger partial charge on any atom is -0.286 e. The zero-order valence-corrected chi connectivity index (χ0v) is 16.7. The zero-order valence-electron chi connectivity index (χ0n) is 13.7. The molecule has 0 saturated heterocycles. The Morgan fingerprint density at radius 3 is 1.56 bits per heavy atom. The Balaban J connectivity index is 1.49. The highest BCUT2D eigenvalue weighted by atomic mass is 35.5. The fraction of sp³-hybridized carbons (Fsp3) is 0.368. The first-order valence-electron chi connectivity index (χ1n) is 8.39. The van der Waals surface area contributed by atoms with Crippen molar-refractivity contribution in [3.8, 4) is 0 Å². The summed E-state index contributed by atoms with van der Waals surface area (Å²) in [7, 11) is 0. The van der Waals surface area contributed by atoms with E-state index in [4.69, 9.17) is 46.4 Å². The number of hydrogen-bond donors (Lipinski definition) is 0. The van der Waals surface area contributed by atoms with Crippen molar-refractivity contribution in [2.24, 2.45) is 0 Å². The van der Waals surface area contributed by atoms with Gasteiger partial charge in [0.2, 0.25) is 0 Å². The largest absolute Gasteiger partial charge is 0.286 e. The van der Waals surface area contributed by atoms with Crippen LogP contribution < -0.4 is 0 Å². The van der Waals surface area contributed by atoms with Crippen molar-refractivity contribution in [1.29, 1.82) is 0 Å². The van der Waals surface area contributed by atoms with Gasteiger partial charge in [0.25, 0.3) is 0 Å². The van der Waals surface area contributed by atoms with Gasteiger partial charge >= 0.3 is 0 Å². The lowest BCUT2D eigenvalue weighted by Crippen LogP contribution is -2.42. The van der Waals surface area contributed by atoms with Gasteiger partial charge in [0.05, 0.1) is 26.8 Å². The highest BCUT2D eigenvalue weighted by Gasteiger charge is 2.25. The summed E-state index contributed by atoms with van der Waals surface area (Å²) in [5.41, 5.74) is 4.95. The van der Waals surface area contributed by atoms with Gasteiger partial charge in [-0.05, 0) is 47.2 Å². The average Bonchev–Trinajstić information content (AvgIpc) is 2.62. The predicted octanol–water partition coefficient (Wildman–Crippen LogP) is 5.67. The van der Waals surface area contributed by atoms with Crippen molar-refractivity contribution in [1.82, 2.24) is 9.80 Å². The lowest BCUT2D eigenvalue weighted by molar-refractivity contribution is 0.110. The molecule has 0 unspecified atom stereocenters. The molecule has 0 spiro atoms. The van der Waals surface area contributed by atoms with E-state index >= 15 is 0 Å². The molecule has 2 aromatic carbocycles. The van der Waals surface area contributed by atoms with Crippen LogP contribution in [-0.4, -0.2) is 29.6 Å². The van der Waals surface area contributed by atoms with Crippen molar-refractivity contribution in [3.63, 3.8) is 0 Å². The smallest absolute Gasteiger partial charge is 0.0640 e. The van der Waals surface area contributed by atoms with Crippen LogP contribution in [0.2, 0.25) is 20.1 Å². The summed E-state index contributed by atoms with van der Waals surface area (Å²) >= 11 is 25.2. The number of nitrogens with zero attached hydrogens (tertiary/aromatic N) is 2. The second-order valence-corrected chi connectivity index (χ2v) is 8.31. The van der Waals surface area contributed by atoms with Crippen molar-refractivity contribution in [2.75, 3.05) is 19.8 Å². The molecule has 0 radical (unpaired) electrons. The van der Waals surface area contributed by atoms with E-state index in [1.165, 1.54) is 22.3 Å². The minimum atomic E-state index is 0.635. The van der Waals surface area contributed by atoms with Gasteiger partial charge in [0.15, 0.2) is 0 Å². The van der Waals surface area contributed by atoms with Crippen molar-refractivity contribution in [2.45, 2.75) is 25.9 Å². The van der Waals surface area contributed by atoms with E-state index in [0.717, 1.165) is 45.7 Å². The molecule has 0 fully saturated rings. The Morgan fingerprint density at radius 2 is 1.12 bits per heavy atom. The van der Waals surface area contributed by atoms with Crippen molar-refractivity contribution in [3.05, 3.63) is 66.6 Å². The van der Waals surface area contributed by atoms with E-state index in [9.17, 15) is 0 Å². The lowest BCUT2D eigenvalue weighted by Gasteiger charge is -2.36. The second-order valence-electron chi connectivity index (χ2n) is 6.74. The van der Waals surface area contributed by atoms with Gasteiger partial charge in [-0.25, -0.2) is 0 Å². The van der Waals surface area contributed by atoms with Crippen LogP contribution in [0.5, 0.6) is 0 Å². The molecule has 0 atom stereocenters. The summed E-state index contributed by atoms with van der Waals surface area (Å²) < 4.78 is 0. The van der Waals surface area contributed by atoms with E-state index in [1.807, 2.05) is 12.1 Å². The summed E-state index contributed by atoms with van der Waals surface area (Å²) in [6.45, 7) is 4.61. The predicted molar refractivity (Wildman–Crippen MR) is 106 cm³/mol. The third-order valence-corrected chi connectivity index (χ3v) is 6.83. The van der Waals surface area contributed by atoms with Gasteiger partial charge in [0, 0.05) is 26.2 Å². The molecular formula is C19H18Cl4N2. The first-order chi connectivity index (χ1) is 12.0. The number of hydrogen-bond acceptors (Lipinski definition) is 2. The second kappa shape index (κ2) is 7.26. The monoisotopic (exact) mass is 414 g/mol. The standard InChI is InChI=1S/C19H18Cl4N2/c20-16-3-1-12-5-7-24(9-14(12)18(16)22)11-25-8-6-13-2-4-17(21)19(23)15(13)10-25/h1-4H,5-11H2. The van der Waals surface area contributed by atoms with Crippen LogP contribution in [0.15, 0.2) is 24.3 Å². The zero-order chi connectivity index (χ0) is 17.6. The summed E-state index contributed by atoms with van der Waals surface area (Å²) in [6.07, 6.45) is 2.01. The van der Waals surface area contributed by atoms with E-state index in [1.54, 1.807) is 0 Å². The third-order valence-electron chi connectivity index (χ3n) is 5.14. The fourth-order valence-electron chi connectivity index (χ4n) is 3.76. The molecule has 2 aliphatic rings. The van der Waals surface area contributed by atoms with Crippen LogP contribution in [0.25, 0.3) is 0 Å². The maximum Gasteiger partial charge on any atom is 0.0640 e. The Bertz CT molecular complexity index is 754. The summed E-state index contributed by atoms with van der Waals surface area (Å²) in [4.78, 5) is 4.85. The number of fused-ring (bicyclic) bond motifs is 2. The molecule has 0 aliphatic carbocycles. The molecular weight excluding hydrogens is 398 g/mol. The van der Waals surface area contributed by atoms with Gasteiger partial charge < -0.3 is 0 Å². The minimum absolute atomic E-state index is 0.635. The van der Waals surface area contributed by atoms with Gasteiger partial charge in [-0.15, -0.1) is 0 Å². The molecule has 25 heavy (non-hydrogen) atoms. The van der Waals surface area contributed by atoms with E-state index in [-0.39, 0.29) is 0 Å². The molecule has 132 valence electrons. The van der Waals surface area contributed by atoms with Gasteiger partial charge in [-0.1, -0.05) is 58.5 Å². The molecule has 0 amide bonds. The molecule has 0 saturated carbocycles. The Labute approximate surface area is 168 Å². The first kappa shape index (κ1) is 17.9. The molecule has 2 aliphatic heterocycles. The van der Waals surface area contributed by atoms with Crippen LogP contribution in [-0.2, 0) is 25.9 Å². The first-order valence-corrected chi connectivity index (χ1v) is 9.90. The number of benzene rings is 2. The van der Waals surface area contributed by atoms with Gasteiger partial charge in [0.1, 0.15) is 0 Å². The van der Waals surface area contributed by atoms with E-state index in [2.05, 4.69) is 21.9 Å². The van der Waals surface area contributed by atoms with Crippen LogP contribution in [0.3, 0.4) is 0 Å². The van der Waals surface area contributed by atoms with E-state index < -0.39 is 0 Å². The van der Waals surface area contributed by atoms with Crippen LogP contribution in [0.1, 0.15) is 22.3 Å². The summed E-state index contributed by atoms with van der Waals surface area (Å²) in [5, 5.41) is 2.66. The highest BCUT2D eigenvalue weighted by Crippen LogP contribution is 2.34. The van der Waals surface area contributed by atoms with Crippen LogP contribution in [0.4, 0.5) is 0 Å². The van der Waals surface area contributed by atoms with Gasteiger partial charge in [-0.3, -0.25) is 9.80 Å². The third kappa shape index (κ3) is 3.53. The molecule has 2 heterocycles. The Kier molecular flexibility index (Phi) is 5.20. The topological polar surface area (TPSA) is 6.48 Å². The molecule has 4 rings (SSSR count). The SMILES string of the molecule is Clc1ccc2c(c1Cl)CN(CN1CCc3ccc(Cl)c(Cl)c3C1)CC2. The van der Waals surface area contributed by atoms with Crippen molar-refractivity contribution >= 4 is 46.4 Å². The van der Waals surface area contributed by atoms with Crippen LogP contribution >= 0.6 is 46.4 Å². The summed E-state index contributed by atoms with van der Waals surface area (Å²) in [6, 6.07) is 7.98. The Morgan fingerprint density at radius 1 is 0.680 bits per heavy atom. The maximum absolute atomic E-state index is 6.42. The van der Waals surface area contributed by atoms with Crippen molar-refractivity contribution < 1.29 is 0 Å². The quantitative estimate of drug-likeness (QED) is 0.622. The van der Waals surface area contributed by atoms with Crippen LogP contribution in [0, 0.1) is 0 Å². The fourth-order valence-corrected chi connectivity index (χ4v) is 4.60. The summed E-state index contributed by atoms with van der Waals surface area (Å²) in [5.74, 6) is 0. The molecule has 0 aromatic heterocycles. The Hall–Kier alpha value is -0.480. The number of rotatable bonds is 2. The maximum atomic E-state index is 6.42. The molecule has 0 N–H and O–H groups in total. The highest BCUT2D eigenvalue weighted by molar-refractivity contribution is 6.43. The molecule has 0 bridgehead atoms.